The van der Waals surface area contributed by atoms with E-state index in [1.807, 2.05) is 30.3 Å². The van der Waals surface area contributed by atoms with Crippen LogP contribution in [0.15, 0.2) is 205 Å². The molecule has 258 valence electrons. The highest BCUT2D eigenvalue weighted by atomic mass is 16.3. The predicted molar refractivity (Wildman–Crippen MR) is 225 cm³/mol. The van der Waals surface area contributed by atoms with Gasteiger partial charge in [0.05, 0.1) is 0 Å². The molecule has 0 aliphatic heterocycles. The SMILES string of the molecule is c1ccc(-c2ccc(-c3ccc(-c4nc(-c5cccc(-c6ccccc6)c5)nc(-c5ccc6c(c5)oc5cccc(-c7ccccc7)c56)n4)cc3)cc2)cc1. The van der Waals surface area contributed by atoms with Crippen LogP contribution >= 0.6 is 0 Å². The molecule has 55 heavy (non-hydrogen) atoms. The smallest absolute Gasteiger partial charge is 0.164 e. The minimum atomic E-state index is 0.580. The van der Waals surface area contributed by atoms with Crippen LogP contribution in [0, 0.1) is 0 Å². The third-order valence-corrected chi connectivity index (χ3v) is 10.2. The van der Waals surface area contributed by atoms with Gasteiger partial charge in [0, 0.05) is 27.5 Å². The molecule has 4 heteroatoms. The zero-order chi connectivity index (χ0) is 36.6. The van der Waals surface area contributed by atoms with Crippen molar-refractivity contribution >= 4 is 21.9 Å². The highest BCUT2D eigenvalue weighted by molar-refractivity contribution is 6.13. The van der Waals surface area contributed by atoms with Crippen molar-refractivity contribution in [3.8, 4) is 78.7 Å². The van der Waals surface area contributed by atoms with Gasteiger partial charge in [-0.05, 0) is 68.8 Å². The molecule has 0 spiro atoms. The van der Waals surface area contributed by atoms with Crippen LogP contribution in [0.25, 0.3) is 101 Å². The second-order valence-corrected chi connectivity index (χ2v) is 13.6. The summed E-state index contributed by atoms with van der Waals surface area (Å²) in [5.74, 6) is 1.79. The second-order valence-electron chi connectivity index (χ2n) is 13.6. The van der Waals surface area contributed by atoms with Crippen molar-refractivity contribution in [3.63, 3.8) is 0 Å². The molecule has 0 radical (unpaired) electrons. The van der Waals surface area contributed by atoms with E-state index in [1.54, 1.807) is 0 Å². The molecule has 0 atom stereocenters. The summed E-state index contributed by atoms with van der Waals surface area (Å²) in [4.78, 5) is 15.3. The minimum absolute atomic E-state index is 0.580. The van der Waals surface area contributed by atoms with Crippen molar-refractivity contribution < 1.29 is 4.42 Å². The number of rotatable bonds is 7. The van der Waals surface area contributed by atoms with E-state index in [1.165, 1.54) is 11.1 Å². The molecule has 0 aliphatic carbocycles. The maximum atomic E-state index is 6.49. The standard InChI is InChI=1S/C51H33N3O/c1-4-12-34(13-5-1)36-22-24-37(25-23-36)38-26-28-40(29-27-38)49-52-50(42-19-10-18-41(32-42)35-14-6-2-7-15-35)54-51(53-49)43-30-31-45-47(33-43)55-46-21-11-20-44(48(45)46)39-16-8-3-9-17-39/h1-33H. The molecule has 4 nitrogen and oxygen atoms in total. The Balaban J connectivity index is 1.06. The number of benzene rings is 8. The van der Waals surface area contributed by atoms with Gasteiger partial charge < -0.3 is 4.42 Å². The fraction of sp³-hybridized carbons (Fsp3) is 0. The lowest BCUT2D eigenvalue weighted by Crippen LogP contribution is -2.00. The van der Waals surface area contributed by atoms with Crippen molar-refractivity contribution in [2.24, 2.45) is 0 Å². The van der Waals surface area contributed by atoms with Gasteiger partial charge in [-0.15, -0.1) is 0 Å². The lowest BCUT2D eigenvalue weighted by atomic mass is 9.99. The van der Waals surface area contributed by atoms with Gasteiger partial charge in [-0.25, -0.2) is 15.0 Å². The molecule has 0 amide bonds. The number of furan rings is 1. The maximum absolute atomic E-state index is 6.49. The Hall–Kier alpha value is -7.43. The minimum Gasteiger partial charge on any atom is -0.456 e. The summed E-state index contributed by atoms with van der Waals surface area (Å²) in [5, 5.41) is 2.15. The first-order valence-electron chi connectivity index (χ1n) is 18.4. The summed E-state index contributed by atoms with van der Waals surface area (Å²) in [7, 11) is 0. The zero-order valence-corrected chi connectivity index (χ0v) is 29.8. The Bertz CT molecular complexity index is 2940. The Morgan fingerprint density at radius 3 is 1.29 bits per heavy atom. The zero-order valence-electron chi connectivity index (χ0n) is 29.8. The first kappa shape index (κ1) is 32.2. The summed E-state index contributed by atoms with van der Waals surface area (Å²) in [6.45, 7) is 0. The van der Waals surface area contributed by atoms with E-state index in [0.717, 1.165) is 72.0 Å². The second kappa shape index (κ2) is 13.8. The van der Waals surface area contributed by atoms with Crippen LogP contribution in [-0.4, -0.2) is 15.0 Å². The Labute approximate surface area is 319 Å². The normalized spacial score (nSPS) is 11.3. The van der Waals surface area contributed by atoms with Gasteiger partial charge in [-0.1, -0.05) is 176 Å². The van der Waals surface area contributed by atoms with Gasteiger partial charge in [0.15, 0.2) is 17.5 Å². The number of fused-ring (bicyclic) bond motifs is 3. The number of aromatic nitrogens is 3. The van der Waals surface area contributed by atoms with Gasteiger partial charge in [0.25, 0.3) is 0 Å². The van der Waals surface area contributed by atoms with Crippen molar-refractivity contribution in [1.29, 1.82) is 0 Å². The van der Waals surface area contributed by atoms with Gasteiger partial charge in [-0.3, -0.25) is 0 Å². The van der Waals surface area contributed by atoms with Crippen LogP contribution in [0.4, 0.5) is 0 Å². The van der Waals surface area contributed by atoms with Crippen LogP contribution in [0.1, 0.15) is 0 Å². The molecule has 10 rings (SSSR count). The van der Waals surface area contributed by atoms with Crippen molar-refractivity contribution in [3.05, 3.63) is 200 Å². The Morgan fingerprint density at radius 1 is 0.273 bits per heavy atom. The third-order valence-electron chi connectivity index (χ3n) is 10.2. The first-order valence-corrected chi connectivity index (χ1v) is 18.4. The van der Waals surface area contributed by atoms with Gasteiger partial charge in [0.2, 0.25) is 0 Å². The third kappa shape index (κ3) is 6.26. The number of nitrogens with zero attached hydrogens (tertiary/aromatic N) is 3. The lowest BCUT2D eigenvalue weighted by molar-refractivity contribution is 0.669. The fourth-order valence-electron chi connectivity index (χ4n) is 7.35. The van der Waals surface area contributed by atoms with Crippen LogP contribution in [0.3, 0.4) is 0 Å². The van der Waals surface area contributed by atoms with Crippen LogP contribution in [0.2, 0.25) is 0 Å². The topological polar surface area (TPSA) is 51.8 Å². The highest BCUT2D eigenvalue weighted by Gasteiger charge is 2.17. The average Bonchev–Trinajstić information content (AvgIpc) is 3.66. The number of hydrogen-bond donors (Lipinski definition) is 0. The van der Waals surface area contributed by atoms with Gasteiger partial charge in [0.1, 0.15) is 11.2 Å². The molecular formula is C51H33N3O. The molecule has 2 heterocycles. The molecule has 0 N–H and O–H groups in total. The van der Waals surface area contributed by atoms with Crippen molar-refractivity contribution in [2.45, 2.75) is 0 Å². The van der Waals surface area contributed by atoms with E-state index in [0.29, 0.717) is 17.5 Å². The number of hydrogen-bond acceptors (Lipinski definition) is 4. The summed E-state index contributed by atoms with van der Waals surface area (Å²) < 4.78 is 6.49. The highest BCUT2D eigenvalue weighted by Crippen LogP contribution is 2.38. The summed E-state index contributed by atoms with van der Waals surface area (Å²) >= 11 is 0. The summed E-state index contributed by atoms with van der Waals surface area (Å²) in [6, 6.07) is 69.3. The Kier molecular flexibility index (Phi) is 8.12. The van der Waals surface area contributed by atoms with Crippen LogP contribution in [0.5, 0.6) is 0 Å². The predicted octanol–water partition coefficient (Wildman–Crippen LogP) is 13.4. The molecular weight excluding hydrogens is 671 g/mol. The Morgan fingerprint density at radius 2 is 0.691 bits per heavy atom. The molecule has 0 bridgehead atoms. The first-order chi connectivity index (χ1) is 27.2. The fourth-order valence-corrected chi connectivity index (χ4v) is 7.35. The quantitative estimate of drug-likeness (QED) is 0.166. The van der Waals surface area contributed by atoms with E-state index in [-0.39, 0.29) is 0 Å². The van der Waals surface area contributed by atoms with Gasteiger partial charge >= 0.3 is 0 Å². The average molecular weight is 704 g/mol. The molecule has 0 saturated heterocycles. The maximum Gasteiger partial charge on any atom is 0.164 e. The molecule has 10 aromatic rings. The summed E-state index contributed by atoms with van der Waals surface area (Å²) in [5.41, 5.74) is 13.5. The van der Waals surface area contributed by atoms with Crippen molar-refractivity contribution in [2.75, 3.05) is 0 Å². The molecule has 0 saturated carbocycles. The van der Waals surface area contributed by atoms with E-state index in [2.05, 4.69) is 170 Å². The van der Waals surface area contributed by atoms with Crippen molar-refractivity contribution in [1.82, 2.24) is 15.0 Å². The van der Waals surface area contributed by atoms with Crippen LogP contribution < -0.4 is 0 Å². The molecule has 0 aliphatic rings. The van der Waals surface area contributed by atoms with Crippen LogP contribution in [-0.2, 0) is 0 Å². The molecule has 8 aromatic carbocycles. The molecule has 2 aromatic heterocycles. The molecule has 0 unspecified atom stereocenters. The van der Waals surface area contributed by atoms with E-state index < -0.39 is 0 Å². The van der Waals surface area contributed by atoms with Gasteiger partial charge in [-0.2, -0.15) is 0 Å². The van der Waals surface area contributed by atoms with E-state index in [4.69, 9.17) is 19.4 Å². The monoisotopic (exact) mass is 703 g/mol. The largest absolute Gasteiger partial charge is 0.456 e. The summed E-state index contributed by atoms with van der Waals surface area (Å²) in [6.07, 6.45) is 0. The lowest BCUT2D eigenvalue weighted by Gasteiger charge is -2.10. The molecule has 0 fully saturated rings. The van der Waals surface area contributed by atoms with E-state index in [9.17, 15) is 0 Å². The van der Waals surface area contributed by atoms with E-state index >= 15 is 0 Å².